The van der Waals surface area contributed by atoms with Gasteiger partial charge in [0.15, 0.2) is 0 Å². The summed E-state index contributed by atoms with van der Waals surface area (Å²) in [7, 11) is 0. The first-order chi connectivity index (χ1) is 9.49. The lowest BCUT2D eigenvalue weighted by atomic mass is 10.3. The number of hydrogen-bond donors (Lipinski definition) is 0. The fourth-order valence-electron chi connectivity index (χ4n) is 1.70. The van der Waals surface area contributed by atoms with Crippen molar-refractivity contribution in [1.82, 2.24) is 9.55 Å². The number of aromatic nitrogens is 2. The second-order valence-electron chi connectivity index (χ2n) is 4.17. The van der Waals surface area contributed by atoms with E-state index in [1.165, 1.54) is 6.07 Å². The molecule has 2 rings (SSSR count). The van der Waals surface area contributed by atoms with E-state index in [2.05, 4.69) is 4.98 Å². The zero-order valence-corrected chi connectivity index (χ0v) is 11.8. The van der Waals surface area contributed by atoms with Crippen molar-refractivity contribution in [2.75, 3.05) is 6.61 Å². The molecule has 0 atom stereocenters. The van der Waals surface area contributed by atoms with Crippen LogP contribution < -0.4 is 9.61 Å². The van der Waals surface area contributed by atoms with Crippen LogP contribution in [0.3, 0.4) is 0 Å². The third kappa shape index (κ3) is 3.02. The van der Waals surface area contributed by atoms with Gasteiger partial charge in [0, 0.05) is 18.0 Å². The average molecular weight is 295 g/mol. The summed E-state index contributed by atoms with van der Waals surface area (Å²) < 4.78 is 6.95. The first-order valence-corrected chi connectivity index (χ1v) is 6.77. The molecule has 0 aliphatic heterocycles. The predicted molar refractivity (Wildman–Crippen MR) is 74.4 cm³/mol. The third-order valence-corrected chi connectivity index (χ3v) is 3.58. The van der Waals surface area contributed by atoms with Gasteiger partial charge in [0.2, 0.25) is 5.75 Å². The Balaban J connectivity index is 2.08. The van der Waals surface area contributed by atoms with Crippen LogP contribution in [0.25, 0.3) is 0 Å². The van der Waals surface area contributed by atoms with Crippen LogP contribution in [-0.4, -0.2) is 21.1 Å². The minimum absolute atomic E-state index is 0.0670. The highest BCUT2D eigenvalue weighted by Gasteiger charge is 2.17. The highest BCUT2D eigenvalue weighted by Crippen LogP contribution is 2.24. The molecule has 106 valence electrons. The summed E-state index contributed by atoms with van der Waals surface area (Å²) in [5.41, 5.74) is 1.40. The third-order valence-electron chi connectivity index (χ3n) is 2.70. The van der Waals surface area contributed by atoms with E-state index in [1.54, 1.807) is 22.9 Å². The minimum atomic E-state index is -0.579. The fraction of sp³-hybridized carbons (Fsp3) is 0.333. The summed E-state index contributed by atoms with van der Waals surface area (Å²) in [6.07, 6.45) is 0. The van der Waals surface area contributed by atoms with Crippen LogP contribution in [0.15, 0.2) is 22.3 Å². The first-order valence-electron chi connectivity index (χ1n) is 5.89. The van der Waals surface area contributed by atoms with Gasteiger partial charge in [-0.2, -0.15) is 0 Å². The van der Waals surface area contributed by atoms with E-state index in [9.17, 15) is 14.9 Å². The molecule has 2 aromatic heterocycles. The Hall–Kier alpha value is -2.22. The molecule has 8 heteroatoms. The van der Waals surface area contributed by atoms with E-state index in [0.717, 1.165) is 17.0 Å². The van der Waals surface area contributed by atoms with E-state index in [0.29, 0.717) is 12.2 Å². The molecular formula is C12H13N3O4S. The van der Waals surface area contributed by atoms with Gasteiger partial charge < -0.3 is 14.9 Å². The van der Waals surface area contributed by atoms with Crippen LogP contribution in [0.4, 0.5) is 5.82 Å². The lowest BCUT2D eigenvalue weighted by Gasteiger charge is -2.07. The monoisotopic (exact) mass is 295 g/mol. The summed E-state index contributed by atoms with van der Waals surface area (Å²) in [6.45, 7) is 4.01. The standard InChI is InChI=1S/C12H13N3O4S/c1-8-3-4-10(11(13-8)15(17)18)19-6-5-14-9(2)7-20-12(14)16/h3-4,7H,5-6H2,1-2H3. The Morgan fingerprint density at radius 2 is 2.20 bits per heavy atom. The van der Waals surface area contributed by atoms with Crippen molar-refractivity contribution in [2.45, 2.75) is 20.4 Å². The maximum Gasteiger partial charge on any atom is 0.406 e. The summed E-state index contributed by atoms with van der Waals surface area (Å²) in [6, 6.07) is 3.16. The van der Waals surface area contributed by atoms with Crippen molar-refractivity contribution in [3.05, 3.63) is 48.7 Å². The second-order valence-corrected chi connectivity index (χ2v) is 5.00. The van der Waals surface area contributed by atoms with E-state index in [4.69, 9.17) is 4.74 Å². The molecule has 0 radical (unpaired) electrons. The number of hydrogen-bond acceptors (Lipinski definition) is 6. The van der Waals surface area contributed by atoms with Gasteiger partial charge in [-0.25, -0.2) is 0 Å². The highest BCUT2D eigenvalue weighted by molar-refractivity contribution is 7.07. The molecule has 0 aromatic carbocycles. The van der Waals surface area contributed by atoms with Crippen molar-refractivity contribution in [2.24, 2.45) is 0 Å². The van der Waals surface area contributed by atoms with Gasteiger partial charge in [0.1, 0.15) is 12.3 Å². The van der Waals surface area contributed by atoms with Crippen LogP contribution >= 0.6 is 11.3 Å². The molecule has 2 aromatic rings. The summed E-state index contributed by atoms with van der Waals surface area (Å²) in [5.74, 6) is -0.194. The van der Waals surface area contributed by atoms with Crippen molar-refractivity contribution >= 4 is 17.2 Å². The summed E-state index contributed by atoms with van der Waals surface area (Å²) in [4.78, 5) is 25.6. The van der Waals surface area contributed by atoms with Crippen molar-refractivity contribution in [1.29, 1.82) is 0 Å². The Labute approximate surface area is 118 Å². The maximum absolute atomic E-state index is 11.5. The number of nitrogens with zero attached hydrogens (tertiary/aromatic N) is 3. The quantitative estimate of drug-likeness (QED) is 0.621. The van der Waals surface area contributed by atoms with Gasteiger partial charge in [0.05, 0.1) is 6.54 Å². The molecule has 0 fully saturated rings. The van der Waals surface area contributed by atoms with Gasteiger partial charge in [-0.15, -0.1) is 0 Å². The zero-order chi connectivity index (χ0) is 14.7. The zero-order valence-electron chi connectivity index (χ0n) is 11.0. The Bertz CT molecular complexity index is 692. The van der Waals surface area contributed by atoms with Crippen LogP contribution in [-0.2, 0) is 6.54 Å². The topological polar surface area (TPSA) is 87.3 Å². The van der Waals surface area contributed by atoms with E-state index in [1.807, 2.05) is 6.92 Å². The number of ether oxygens (including phenoxy) is 1. The lowest BCUT2D eigenvalue weighted by Crippen LogP contribution is -2.19. The number of pyridine rings is 1. The van der Waals surface area contributed by atoms with Crippen molar-refractivity contribution in [3.63, 3.8) is 0 Å². The molecule has 20 heavy (non-hydrogen) atoms. The summed E-state index contributed by atoms with van der Waals surface area (Å²) >= 11 is 1.12. The molecule has 0 N–H and O–H groups in total. The smallest absolute Gasteiger partial charge is 0.406 e. The van der Waals surface area contributed by atoms with Crippen LogP contribution in [0.2, 0.25) is 0 Å². The molecule has 0 amide bonds. The number of aryl methyl sites for hydroxylation is 2. The largest absolute Gasteiger partial charge is 0.484 e. The minimum Gasteiger partial charge on any atom is -0.484 e. The van der Waals surface area contributed by atoms with E-state index < -0.39 is 4.92 Å². The van der Waals surface area contributed by atoms with Gasteiger partial charge in [-0.1, -0.05) is 11.3 Å². The Kier molecular flexibility index (Phi) is 4.14. The molecular weight excluding hydrogens is 282 g/mol. The van der Waals surface area contributed by atoms with Crippen LogP contribution in [0.1, 0.15) is 11.4 Å². The van der Waals surface area contributed by atoms with Crippen LogP contribution in [0, 0.1) is 24.0 Å². The van der Waals surface area contributed by atoms with Gasteiger partial charge in [-0.3, -0.25) is 9.36 Å². The second kappa shape index (κ2) is 5.83. The number of nitro groups is 1. The van der Waals surface area contributed by atoms with Crippen molar-refractivity contribution < 1.29 is 9.66 Å². The number of rotatable bonds is 5. The molecule has 0 spiro atoms. The fourth-order valence-corrected chi connectivity index (χ4v) is 2.46. The predicted octanol–water partition coefficient (Wildman–Crippen LogP) is 1.91. The SMILES string of the molecule is Cc1ccc(OCCn2c(C)csc2=O)c([N+](=O)[O-])n1. The lowest BCUT2D eigenvalue weighted by molar-refractivity contribution is -0.390. The molecule has 0 aliphatic rings. The molecule has 7 nitrogen and oxygen atoms in total. The molecule has 0 aliphatic carbocycles. The maximum atomic E-state index is 11.5. The molecule has 0 unspecified atom stereocenters. The molecule has 0 saturated carbocycles. The molecule has 2 heterocycles. The van der Waals surface area contributed by atoms with Gasteiger partial charge in [0.25, 0.3) is 0 Å². The highest BCUT2D eigenvalue weighted by atomic mass is 32.1. The summed E-state index contributed by atoms with van der Waals surface area (Å²) in [5, 5.41) is 12.6. The molecule has 0 saturated heterocycles. The van der Waals surface area contributed by atoms with E-state index >= 15 is 0 Å². The van der Waals surface area contributed by atoms with Gasteiger partial charge >= 0.3 is 10.7 Å². The Morgan fingerprint density at radius 3 is 2.80 bits per heavy atom. The van der Waals surface area contributed by atoms with E-state index in [-0.39, 0.29) is 23.0 Å². The Morgan fingerprint density at radius 1 is 1.45 bits per heavy atom. The van der Waals surface area contributed by atoms with Gasteiger partial charge in [-0.05, 0) is 29.0 Å². The first kappa shape index (κ1) is 14.2. The molecule has 0 bridgehead atoms. The average Bonchev–Trinajstić information content (AvgIpc) is 2.71. The number of thiazole rings is 1. The van der Waals surface area contributed by atoms with Crippen LogP contribution in [0.5, 0.6) is 5.75 Å². The van der Waals surface area contributed by atoms with Crippen molar-refractivity contribution in [3.8, 4) is 5.75 Å². The normalized spacial score (nSPS) is 10.5.